The Morgan fingerprint density at radius 1 is 1.00 bits per heavy atom. The van der Waals surface area contributed by atoms with Gasteiger partial charge in [0, 0.05) is 23.6 Å². The largest absolute Gasteiger partial charge is 0.487 e. The number of halogens is 1. The van der Waals surface area contributed by atoms with Gasteiger partial charge in [0.1, 0.15) is 17.9 Å². The maximum atomic E-state index is 13.3. The predicted molar refractivity (Wildman–Crippen MR) is 142 cm³/mol. The Kier molecular flexibility index (Phi) is 8.00. The Morgan fingerprint density at radius 3 is 2.33 bits per heavy atom. The number of aryl methyl sites for hydroxylation is 2. The van der Waals surface area contributed by atoms with Crippen molar-refractivity contribution in [2.45, 2.75) is 58.1 Å². The molecular formula is C30H32ClNO4. The summed E-state index contributed by atoms with van der Waals surface area (Å²) in [6.45, 7) is 4.12. The minimum atomic E-state index is -1.06. The highest BCUT2D eigenvalue weighted by atomic mass is 35.5. The van der Waals surface area contributed by atoms with E-state index in [4.69, 9.17) is 16.3 Å². The van der Waals surface area contributed by atoms with Crippen LogP contribution in [0.2, 0.25) is 5.02 Å². The lowest BCUT2D eigenvalue weighted by molar-refractivity contribution is -0.137. The molecule has 0 bridgehead atoms. The van der Waals surface area contributed by atoms with Crippen molar-refractivity contribution in [1.29, 1.82) is 0 Å². The molecule has 3 aromatic carbocycles. The number of rotatable bonds is 9. The second-order valence-corrected chi connectivity index (χ2v) is 10.2. The summed E-state index contributed by atoms with van der Waals surface area (Å²) in [7, 11) is 0. The van der Waals surface area contributed by atoms with Gasteiger partial charge in [0.05, 0.1) is 0 Å². The number of hydrogen-bond donors (Lipinski definition) is 1. The molecule has 0 saturated heterocycles. The Bertz CT molecular complexity index is 1220. The Balaban J connectivity index is 1.47. The van der Waals surface area contributed by atoms with E-state index in [2.05, 4.69) is 38.1 Å². The molecule has 188 valence electrons. The molecule has 0 saturated carbocycles. The van der Waals surface area contributed by atoms with Crippen LogP contribution in [-0.2, 0) is 30.6 Å². The van der Waals surface area contributed by atoms with Crippen LogP contribution < -0.4 is 4.74 Å². The average molecular weight is 506 g/mol. The van der Waals surface area contributed by atoms with Crippen molar-refractivity contribution in [3.63, 3.8) is 0 Å². The topological polar surface area (TPSA) is 66.8 Å². The number of carboxylic acid groups (broad SMARTS) is 1. The van der Waals surface area contributed by atoms with Crippen LogP contribution in [0.4, 0.5) is 0 Å². The summed E-state index contributed by atoms with van der Waals surface area (Å²) in [6, 6.07) is 21.2. The summed E-state index contributed by atoms with van der Waals surface area (Å²) < 4.78 is 6.44. The SMILES string of the molecule is CCCc1ccc(C[C@]2(C)CCc3cc(C(=O)N(CC(=O)O)Cc4ccc(Cl)cc4)ccc3O2)cc1. The van der Waals surface area contributed by atoms with Gasteiger partial charge < -0.3 is 14.7 Å². The van der Waals surface area contributed by atoms with Crippen molar-refractivity contribution in [2.75, 3.05) is 6.54 Å². The van der Waals surface area contributed by atoms with Gasteiger partial charge in [0.15, 0.2) is 0 Å². The number of aliphatic carboxylic acids is 1. The summed E-state index contributed by atoms with van der Waals surface area (Å²) in [5.74, 6) is -0.599. The number of carboxylic acids is 1. The molecule has 1 amide bonds. The number of ether oxygens (including phenoxy) is 1. The molecule has 36 heavy (non-hydrogen) atoms. The standard InChI is InChI=1S/C30H32ClNO4/c1-3-4-21-5-7-22(8-6-21)18-30(2)16-15-24-17-25(11-14-27(24)36-30)29(35)32(20-28(33)34)19-23-9-12-26(31)13-10-23/h5-14,17H,3-4,15-16,18-20H2,1-2H3,(H,33,34)/t30-/m0/s1. The summed E-state index contributed by atoms with van der Waals surface area (Å²) in [6.07, 6.45) is 4.66. The average Bonchev–Trinajstić information content (AvgIpc) is 2.85. The monoisotopic (exact) mass is 505 g/mol. The molecule has 1 aliphatic rings. The van der Waals surface area contributed by atoms with E-state index in [1.807, 2.05) is 12.1 Å². The lowest BCUT2D eigenvalue weighted by Gasteiger charge is -2.36. The molecule has 0 spiro atoms. The van der Waals surface area contributed by atoms with Gasteiger partial charge >= 0.3 is 5.97 Å². The molecule has 1 aliphatic heterocycles. The van der Waals surface area contributed by atoms with Gasteiger partial charge in [-0.05, 0) is 78.8 Å². The van der Waals surface area contributed by atoms with Crippen molar-refractivity contribution in [3.05, 3.63) is 99.6 Å². The first-order valence-electron chi connectivity index (χ1n) is 12.4. The zero-order valence-electron chi connectivity index (χ0n) is 20.8. The zero-order chi connectivity index (χ0) is 25.7. The van der Waals surface area contributed by atoms with Crippen LogP contribution in [-0.4, -0.2) is 34.0 Å². The summed E-state index contributed by atoms with van der Waals surface area (Å²) in [5, 5.41) is 9.97. The van der Waals surface area contributed by atoms with Crippen molar-refractivity contribution in [2.24, 2.45) is 0 Å². The van der Waals surface area contributed by atoms with Crippen LogP contribution in [0, 0.1) is 0 Å². The first kappa shape index (κ1) is 25.8. The van der Waals surface area contributed by atoms with E-state index in [1.165, 1.54) is 16.0 Å². The molecule has 1 atom stereocenters. The highest BCUT2D eigenvalue weighted by Gasteiger charge is 2.32. The van der Waals surface area contributed by atoms with Gasteiger partial charge in [-0.25, -0.2) is 0 Å². The molecule has 0 radical (unpaired) electrons. The molecule has 0 aromatic heterocycles. The number of carbonyl (C=O) groups excluding carboxylic acids is 1. The predicted octanol–water partition coefficient (Wildman–Crippen LogP) is 6.35. The van der Waals surface area contributed by atoms with Crippen LogP contribution >= 0.6 is 11.6 Å². The molecular weight excluding hydrogens is 474 g/mol. The van der Waals surface area contributed by atoms with E-state index in [-0.39, 0.29) is 24.6 Å². The van der Waals surface area contributed by atoms with Crippen LogP contribution in [0.15, 0.2) is 66.7 Å². The van der Waals surface area contributed by atoms with Crippen molar-refractivity contribution >= 4 is 23.5 Å². The van der Waals surface area contributed by atoms with E-state index >= 15 is 0 Å². The highest BCUT2D eigenvalue weighted by molar-refractivity contribution is 6.30. The van der Waals surface area contributed by atoms with Crippen molar-refractivity contribution in [1.82, 2.24) is 4.90 Å². The number of nitrogens with zero attached hydrogens (tertiary/aromatic N) is 1. The number of carbonyl (C=O) groups is 2. The highest BCUT2D eigenvalue weighted by Crippen LogP contribution is 2.36. The normalized spacial score (nSPS) is 16.6. The van der Waals surface area contributed by atoms with Gasteiger partial charge in [-0.15, -0.1) is 0 Å². The minimum Gasteiger partial charge on any atom is -0.487 e. The van der Waals surface area contributed by atoms with E-state index in [0.717, 1.165) is 49.0 Å². The molecule has 0 unspecified atom stereocenters. The van der Waals surface area contributed by atoms with Crippen LogP contribution in [0.3, 0.4) is 0 Å². The van der Waals surface area contributed by atoms with Gasteiger partial charge in [-0.3, -0.25) is 9.59 Å². The maximum Gasteiger partial charge on any atom is 0.323 e. The minimum absolute atomic E-state index is 0.186. The lowest BCUT2D eigenvalue weighted by atomic mass is 9.86. The van der Waals surface area contributed by atoms with Crippen molar-refractivity contribution < 1.29 is 19.4 Å². The summed E-state index contributed by atoms with van der Waals surface area (Å²) in [5.41, 5.74) is 4.52. The van der Waals surface area contributed by atoms with Gasteiger partial charge in [0.2, 0.25) is 0 Å². The van der Waals surface area contributed by atoms with Crippen LogP contribution in [0.5, 0.6) is 5.75 Å². The molecule has 3 aromatic rings. The first-order valence-corrected chi connectivity index (χ1v) is 12.8. The molecule has 0 aliphatic carbocycles. The van der Waals surface area contributed by atoms with Crippen LogP contribution in [0.1, 0.15) is 59.3 Å². The first-order chi connectivity index (χ1) is 17.2. The molecule has 4 rings (SSSR count). The van der Waals surface area contributed by atoms with E-state index in [0.29, 0.717) is 10.6 Å². The zero-order valence-corrected chi connectivity index (χ0v) is 21.6. The van der Waals surface area contributed by atoms with Gasteiger partial charge in [-0.1, -0.05) is 61.3 Å². The number of amides is 1. The van der Waals surface area contributed by atoms with E-state index in [1.54, 1.807) is 30.3 Å². The number of benzene rings is 3. The molecule has 0 fully saturated rings. The fourth-order valence-corrected chi connectivity index (χ4v) is 4.87. The smallest absolute Gasteiger partial charge is 0.323 e. The molecule has 1 heterocycles. The third kappa shape index (κ3) is 6.46. The number of fused-ring (bicyclic) bond motifs is 1. The fraction of sp³-hybridized carbons (Fsp3) is 0.333. The van der Waals surface area contributed by atoms with E-state index in [9.17, 15) is 14.7 Å². The Labute approximate surface area is 217 Å². The fourth-order valence-electron chi connectivity index (χ4n) is 4.75. The third-order valence-corrected chi connectivity index (χ3v) is 6.88. The molecule has 1 N–H and O–H groups in total. The second kappa shape index (κ2) is 11.2. The summed E-state index contributed by atoms with van der Waals surface area (Å²) in [4.78, 5) is 26.1. The van der Waals surface area contributed by atoms with Gasteiger partial charge in [0.25, 0.3) is 5.91 Å². The third-order valence-electron chi connectivity index (χ3n) is 6.63. The van der Waals surface area contributed by atoms with Crippen molar-refractivity contribution in [3.8, 4) is 5.75 Å². The second-order valence-electron chi connectivity index (χ2n) is 9.80. The molecule has 6 heteroatoms. The lowest BCUT2D eigenvalue weighted by Crippen LogP contribution is -2.39. The van der Waals surface area contributed by atoms with Crippen LogP contribution in [0.25, 0.3) is 0 Å². The number of hydrogen-bond acceptors (Lipinski definition) is 3. The Hall–Kier alpha value is -3.31. The Morgan fingerprint density at radius 2 is 1.67 bits per heavy atom. The summed E-state index contributed by atoms with van der Waals surface area (Å²) >= 11 is 5.95. The van der Waals surface area contributed by atoms with Gasteiger partial charge in [-0.2, -0.15) is 0 Å². The quantitative estimate of drug-likeness (QED) is 0.368. The van der Waals surface area contributed by atoms with E-state index < -0.39 is 5.97 Å². The maximum absolute atomic E-state index is 13.3. The molecule has 5 nitrogen and oxygen atoms in total.